The third kappa shape index (κ3) is 6.41. The Hall–Kier alpha value is -3.45. The number of aromatic nitrogens is 2. The molecule has 0 spiro atoms. The van der Waals surface area contributed by atoms with Crippen LogP contribution in [0.15, 0.2) is 53.8 Å². The number of aliphatic imine (C=N–C) groups is 1. The fourth-order valence-electron chi connectivity index (χ4n) is 5.42. The molecular formula is C32H43FN6. The van der Waals surface area contributed by atoms with E-state index in [1.807, 2.05) is 19.2 Å². The van der Waals surface area contributed by atoms with Gasteiger partial charge in [-0.05, 0) is 70.0 Å². The van der Waals surface area contributed by atoms with Gasteiger partial charge >= 0.3 is 0 Å². The van der Waals surface area contributed by atoms with Crippen LogP contribution in [0.3, 0.4) is 0 Å². The third-order valence-electron chi connectivity index (χ3n) is 7.46. The predicted molar refractivity (Wildman–Crippen MR) is 162 cm³/mol. The van der Waals surface area contributed by atoms with Gasteiger partial charge < -0.3 is 10.2 Å². The first-order chi connectivity index (χ1) is 18.7. The molecule has 1 aromatic heterocycles. The zero-order valence-electron chi connectivity index (χ0n) is 24.3. The van der Waals surface area contributed by atoms with E-state index in [-0.39, 0.29) is 17.9 Å². The van der Waals surface area contributed by atoms with E-state index in [1.165, 1.54) is 5.56 Å². The van der Waals surface area contributed by atoms with Gasteiger partial charge in [0, 0.05) is 60.1 Å². The van der Waals surface area contributed by atoms with E-state index in [2.05, 4.69) is 89.8 Å². The van der Waals surface area contributed by atoms with Crippen molar-refractivity contribution in [3.05, 3.63) is 77.0 Å². The highest BCUT2D eigenvalue weighted by molar-refractivity contribution is 6.13. The van der Waals surface area contributed by atoms with Crippen LogP contribution in [0.1, 0.15) is 69.8 Å². The van der Waals surface area contributed by atoms with Gasteiger partial charge in [-0.1, -0.05) is 45.1 Å². The molecule has 0 aliphatic carbocycles. The summed E-state index contributed by atoms with van der Waals surface area (Å²) in [6, 6.07) is 10.2. The summed E-state index contributed by atoms with van der Waals surface area (Å²) in [5, 5.41) is 12.5. The van der Waals surface area contributed by atoms with E-state index in [9.17, 15) is 4.39 Å². The molecule has 2 heterocycles. The Morgan fingerprint density at radius 2 is 2.08 bits per heavy atom. The van der Waals surface area contributed by atoms with Gasteiger partial charge in [-0.25, -0.2) is 4.39 Å². The number of aromatic amines is 1. The molecule has 1 atom stereocenters. The summed E-state index contributed by atoms with van der Waals surface area (Å²) in [5.41, 5.74) is 7.04. The number of halogens is 1. The van der Waals surface area contributed by atoms with Crippen LogP contribution in [0.25, 0.3) is 16.5 Å². The topological polar surface area (TPSA) is 59.6 Å². The third-order valence-corrected chi connectivity index (χ3v) is 7.46. The highest BCUT2D eigenvalue weighted by Gasteiger charge is 2.27. The molecule has 1 aliphatic heterocycles. The van der Waals surface area contributed by atoms with Crippen LogP contribution in [0, 0.1) is 5.82 Å². The van der Waals surface area contributed by atoms with Gasteiger partial charge in [-0.3, -0.25) is 15.0 Å². The largest absolute Gasteiger partial charge is 0.350 e. The molecule has 0 saturated carbocycles. The highest BCUT2D eigenvalue weighted by atomic mass is 19.1. The molecule has 208 valence electrons. The summed E-state index contributed by atoms with van der Waals surface area (Å²) < 4.78 is 14.7. The number of benzene rings is 2. The number of fused-ring (bicyclic) bond motifs is 2. The average Bonchev–Trinajstić information content (AvgIpc) is 3.30. The molecule has 6 nitrogen and oxygen atoms in total. The van der Waals surface area contributed by atoms with E-state index in [0.29, 0.717) is 6.54 Å². The summed E-state index contributed by atoms with van der Waals surface area (Å²) >= 11 is 0. The highest BCUT2D eigenvalue weighted by Crippen LogP contribution is 2.34. The zero-order chi connectivity index (χ0) is 28.1. The lowest BCUT2D eigenvalue weighted by Gasteiger charge is -2.41. The molecule has 4 rings (SSSR count). The minimum absolute atomic E-state index is 0.120. The first kappa shape index (κ1) is 28.6. The molecule has 0 fully saturated rings. The van der Waals surface area contributed by atoms with E-state index in [0.717, 1.165) is 77.2 Å². The van der Waals surface area contributed by atoms with Crippen molar-refractivity contribution in [2.75, 3.05) is 18.9 Å². The van der Waals surface area contributed by atoms with Crippen molar-refractivity contribution in [2.24, 2.45) is 4.99 Å². The lowest BCUT2D eigenvalue weighted by atomic mass is 10.0. The van der Waals surface area contributed by atoms with E-state index in [4.69, 9.17) is 0 Å². The van der Waals surface area contributed by atoms with Crippen molar-refractivity contribution in [1.82, 2.24) is 20.0 Å². The molecular weight excluding hydrogens is 487 g/mol. The number of aryl methyl sites for hydroxylation is 1. The van der Waals surface area contributed by atoms with Crippen molar-refractivity contribution < 1.29 is 4.39 Å². The molecule has 0 saturated heterocycles. The standard InChI is InChI=1S/C32H43FN6/c1-8-12-26(19-38(7)20-28-23(9-2)13-11-14-29(28)33)39-18-25-15-27-31(16-30(25)35-22(39)6)36-37-32(27)24(10-3)17-34-21(4)5/h10-11,13-17,21,26,35H,6,8-9,12,18-20H2,1-5,7H3,(H,36,37)/b24-10+,34-17?/t26-/m1/s1. The van der Waals surface area contributed by atoms with Crippen LogP contribution in [-0.2, 0) is 19.5 Å². The molecule has 7 heteroatoms. The van der Waals surface area contributed by atoms with Gasteiger partial charge in [-0.15, -0.1) is 0 Å². The predicted octanol–water partition coefficient (Wildman–Crippen LogP) is 7.15. The van der Waals surface area contributed by atoms with E-state index < -0.39 is 0 Å². The Bertz CT molecular complexity index is 1370. The van der Waals surface area contributed by atoms with Gasteiger partial charge in [0.05, 0.1) is 11.3 Å². The van der Waals surface area contributed by atoms with Gasteiger partial charge in [0.2, 0.25) is 0 Å². The minimum Gasteiger partial charge on any atom is -0.350 e. The van der Waals surface area contributed by atoms with Crippen molar-refractivity contribution >= 4 is 28.4 Å². The Morgan fingerprint density at radius 3 is 2.77 bits per heavy atom. The number of rotatable bonds is 11. The Kier molecular flexibility index (Phi) is 9.23. The number of anilines is 1. The monoisotopic (exact) mass is 530 g/mol. The van der Waals surface area contributed by atoms with Crippen LogP contribution >= 0.6 is 0 Å². The second-order valence-corrected chi connectivity index (χ2v) is 10.8. The summed E-state index contributed by atoms with van der Waals surface area (Å²) in [7, 11) is 2.08. The molecule has 0 bridgehead atoms. The number of hydrogen-bond acceptors (Lipinski definition) is 5. The molecule has 3 aromatic rings. The molecule has 39 heavy (non-hydrogen) atoms. The van der Waals surface area contributed by atoms with Gasteiger partial charge in [0.25, 0.3) is 0 Å². The number of allylic oxidation sites excluding steroid dienone is 2. The fraction of sp³-hybridized carbons (Fsp3) is 0.438. The first-order valence-electron chi connectivity index (χ1n) is 14.1. The van der Waals surface area contributed by atoms with Crippen molar-refractivity contribution in [1.29, 1.82) is 0 Å². The Labute approximate surface area is 232 Å². The lowest BCUT2D eigenvalue weighted by Crippen LogP contribution is -2.45. The second-order valence-electron chi connectivity index (χ2n) is 10.8. The number of nitrogens with zero attached hydrogens (tertiary/aromatic N) is 4. The molecule has 0 unspecified atom stereocenters. The van der Waals surface area contributed by atoms with Crippen molar-refractivity contribution in [2.45, 2.75) is 79.1 Å². The van der Waals surface area contributed by atoms with Crippen molar-refractivity contribution in [3.8, 4) is 0 Å². The Morgan fingerprint density at radius 1 is 1.28 bits per heavy atom. The van der Waals surface area contributed by atoms with Crippen LogP contribution in [0.4, 0.5) is 10.1 Å². The SMILES string of the molecule is C=C1Nc2cc3[nH]nc(/C(C=NC(C)C)=C/C)c3cc2CN1[C@H](CCC)CN(C)Cc1c(F)cccc1CC. The maximum Gasteiger partial charge on any atom is 0.127 e. The lowest BCUT2D eigenvalue weighted by molar-refractivity contribution is 0.166. The number of likely N-dealkylation sites (N-methyl/N-ethyl adjacent to an activating group) is 1. The number of hydrogen-bond donors (Lipinski definition) is 2. The van der Waals surface area contributed by atoms with Gasteiger partial charge in [0.1, 0.15) is 11.5 Å². The maximum absolute atomic E-state index is 14.7. The molecule has 0 amide bonds. The van der Waals surface area contributed by atoms with Crippen LogP contribution < -0.4 is 5.32 Å². The van der Waals surface area contributed by atoms with Gasteiger partial charge in [0.15, 0.2) is 0 Å². The number of H-pyrrole nitrogens is 1. The molecule has 2 aromatic carbocycles. The van der Waals surface area contributed by atoms with E-state index in [1.54, 1.807) is 12.1 Å². The van der Waals surface area contributed by atoms with E-state index >= 15 is 0 Å². The van der Waals surface area contributed by atoms with Crippen LogP contribution in [0.2, 0.25) is 0 Å². The average molecular weight is 531 g/mol. The summed E-state index contributed by atoms with van der Waals surface area (Å²) in [6.45, 7) is 17.0. The fourth-order valence-corrected chi connectivity index (χ4v) is 5.42. The summed E-state index contributed by atoms with van der Waals surface area (Å²) in [5.74, 6) is 0.775. The summed E-state index contributed by atoms with van der Waals surface area (Å²) in [4.78, 5) is 9.19. The first-order valence-corrected chi connectivity index (χ1v) is 14.1. The molecule has 2 N–H and O–H groups in total. The number of nitrogens with one attached hydrogen (secondary N) is 2. The quantitative estimate of drug-likeness (QED) is 0.259. The Balaban J connectivity index is 1.59. The second kappa shape index (κ2) is 12.6. The van der Waals surface area contributed by atoms with Crippen LogP contribution in [0.5, 0.6) is 0 Å². The van der Waals surface area contributed by atoms with Crippen LogP contribution in [-0.4, -0.2) is 51.9 Å². The smallest absolute Gasteiger partial charge is 0.127 e. The summed E-state index contributed by atoms with van der Waals surface area (Å²) in [6.07, 6.45) is 6.87. The molecule has 0 radical (unpaired) electrons. The van der Waals surface area contributed by atoms with Crippen molar-refractivity contribution in [3.63, 3.8) is 0 Å². The zero-order valence-corrected chi connectivity index (χ0v) is 24.3. The minimum atomic E-state index is -0.120. The molecule has 1 aliphatic rings. The maximum atomic E-state index is 14.7. The normalized spacial score (nSPS) is 15.1. The van der Waals surface area contributed by atoms with Gasteiger partial charge in [-0.2, -0.15) is 5.10 Å².